The SMILES string of the molecule is C/C(=C\C[C@@H](C)[C@H]1CC[C@H]2[C@@H]3C[C@H](OS(=O)(=O)[O-])[C@H]4C[C@H](OS(=O)(=O)[O-])[C@@H](OS(=O)(=O)[O-])C[C@]4(C)[C@H]3CC[C@]12C)C(C)(C)C(C)C.[Na+].[Na+].[Na+]. The van der Waals surface area contributed by atoms with Gasteiger partial charge in [-0.1, -0.05) is 60.1 Å². The fourth-order valence-corrected chi connectivity index (χ4v) is 11.8. The quantitative estimate of drug-likeness (QED) is 0.0856. The molecular weight excluding hydrogens is 729 g/mol. The largest absolute Gasteiger partial charge is 1.00 e. The Kier molecular flexibility index (Phi) is 17.8. The van der Waals surface area contributed by atoms with Gasteiger partial charge < -0.3 is 13.7 Å². The van der Waals surface area contributed by atoms with Crippen LogP contribution >= 0.6 is 0 Å². The molecule has 4 fully saturated rings. The van der Waals surface area contributed by atoms with Crippen molar-refractivity contribution in [3.63, 3.8) is 0 Å². The molecular formula is C31H51Na3O12S3. The Bertz CT molecular complexity index is 1500. The van der Waals surface area contributed by atoms with Gasteiger partial charge in [0.1, 0.15) is 12.2 Å². The van der Waals surface area contributed by atoms with Crippen LogP contribution in [0.2, 0.25) is 0 Å². The minimum absolute atomic E-state index is 0. The topological polar surface area (TPSA) is 199 Å². The summed E-state index contributed by atoms with van der Waals surface area (Å²) < 4.78 is 120. The number of hydrogen-bond donors (Lipinski definition) is 0. The van der Waals surface area contributed by atoms with Crippen LogP contribution in [-0.4, -0.2) is 57.2 Å². The first-order chi connectivity index (χ1) is 20.8. The Morgan fingerprint density at radius 3 is 1.76 bits per heavy atom. The summed E-state index contributed by atoms with van der Waals surface area (Å²) in [7, 11) is -15.9. The normalized spacial score (nSPS) is 37.4. The maximum absolute atomic E-state index is 12.0. The van der Waals surface area contributed by atoms with E-state index in [4.69, 9.17) is 8.37 Å². The van der Waals surface area contributed by atoms with Gasteiger partial charge in [0.15, 0.2) is 0 Å². The van der Waals surface area contributed by atoms with Crippen molar-refractivity contribution in [2.75, 3.05) is 0 Å². The van der Waals surface area contributed by atoms with Crippen LogP contribution in [-0.2, 0) is 43.7 Å². The second-order valence-corrected chi connectivity index (χ2v) is 19.0. The number of allylic oxidation sites excluding steroid dienone is 2. The molecule has 0 amide bonds. The van der Waals surface area contributed by atoms with Crippen molar-refractivity contribution in [2.45, 2.75) is 125 Å². The van der Waals surface area contributed by atoms with E-state index in [2.05, 4.69) is 58.7 Å². The first kappa shape index (κ1) is 49.4. The van der Waals surface area contributed by atoms with E-state index in [0.717, 1.165) is 32.1 Å². The van der Waals surface area contributed by atoms with E-state index in [1.165, 1.54) is 5.57 Å². The van der Waals surface area contributed by atoms with Crippen LogP contribution in [0.15, 0.2) is 11.6 Å². The van der Waals surface area contributed by atoms with Crippen molar-refractivity contribution in [1.29, 1.82) is 0 Å². The van der Waals surface area contributed by atoms with Gasteiger partial charge in [-0.3, -0.25) is 12.5 Å². The first-order valence-electron chi connectivity index (χ1n) is 16.4. The molecule has 12 nitrogen and oxygen atoms in total. The van der Waals surface area contributed by atoms with Crippen LogP contribution in [0.1, 0.15) is 107 Å². The minimum Gasteiger partial charge on any atom is -0.726 e. The number of rotatable bonds is 11. The monoisotopic (exact) mass is 780 g/mol. The Balaban J connectivity index is 0.00000400. The molecule has 18 heteroatoms. The van der Waals surface area contributed by atoms with E-state index in [1.54, 1.807) is 0 Å². The maximum Gasteiger partial charge on any atom is 1.00 e. The van der Waals surface area contributed by atoms with Crippen LogP contribution in [0.4, 0.5) is 0 Å². The van der Waals surface area contributed by atoms with Gasteiger partial charge in [0, 0.05) is 0 Å². The van der Waals surface area contributed by atoms with Gasteiger partial charge in [0.2, 0.25) is 31.2 Å². The van der Waals surface area contributed by atoms with E-state index >= 15 is 0 Å². The summed E-state index contributed by atoms with van der Waals surface area (Å²) in [5, 5.41) is 0. The molecule has 4 rings (SSSR count). The molecule has 4 aliphatic rings. The standard InChI is InChI=1S/C31H54O12S3.3Na/c1-18(2)29(5,6)20(4)10-9-19(3)22-11-12-23-21-15-26(41-44(32,33)34)25-16-27(42-45(35,36)37)28(43-46(38,39)40)17-31(25,8)24(21)13-14-30(22,23)7;;;/h10,18-19,21-28H,9,11-17H2,1-8H3,(H,32,33,34)(H,35,36,37)(H,38,39,40);;;/q;3*+1/p-3/b20-10+;;;/t19-,21+,22-,23+,24+,25-,26+,27+,28+,30-,31-;;;/m1.../s1. The zero-order valence-electron chi connectivity index (χ0n) is 31.1. The molecule has 268 valence electrons. The van der Waals surface area contributed by atoms with Crippen LogP contribution in [0.25, 0.3) is 0 Å². The zero-order valence-corrected chi connectivity index (χ0v) is 39.6. The Labute approximate surface area is 361 Å². The minimum atomic E-state index is -5.35. The molecule has 0 unspecified atom stereocenters. The summed E-state index contributed by atoms with van der Waals surface area (Å²) in [6.45, 7) is 17.6. The van der Waals surface area contributed by atoms with Gasteiger partial charge in [-0.2, -0.15) is 0 Å². The molecule has 0 aromatic carbocycles. The van der Waals surface area contributed by atoms with Gasteiger partial charge in [0.05, 0.1) is 6.10 Å². The van der Waals surface area contributed by atoms with Crippen molar-refractivity contribution >= 4 is 31.2 Å². The summed E-state index contributed by atoms with van der Waals surface area (Å²) in [5.74, 6) is 0.531. The van der Waals surface area contributed by atoms with E-state index < -0.39 is 60.8 Å². The zero-order chi connectivity index (χ0) is 34.8. The van der Waals surface area contributed by atoms with Crippen LogP contribution in [0.5, 0.6) is 0 Å². The van der Waals surface area contributed by atoms with Crippen LogP contribution in [0.3, 0.4) is 0 Å². The molecule has 11 atom stereocenters. The third-order valence-corrected chi connectivity index (χ3v) is 14.8. The second kappa shape index (κ2) is 17.7. The third-order valence-electron chi connectivity index (χ3n) is 13.4. The van der Waals surface area contributed by atoms with Crippen molar-refractivity contribution < 1.29 is 140 Å². The Hall–Kier alpha value is 2.35. The van der Waals surface area contributed by atoms with Crippen molar-refractivity contribution in [1.82, 2.24) is 0 Å². The summed E-state index contributed by atoms with van der Waals surface area (Å²) in [4.78, 5) is 0. The number of hydrogen-bond acceptors (Lipinski definition) is 12. The molecule has 0 radical (unpaired) electrons. The Morgan fingerprint density at radius 2 is 1.24 bits per heavy atom. The average molecular weight is 781 g/mol. The molecule has 0 aromatic heterocycles. The van der Waals surface area contributed by atoms with Gasteiger partial charge in [-0.15, -0.1) is 0 Å². The van der Waals surface area contributed by atoms with Gasteiger partial charge in [0.25, 0.3) is 0 Å². The van der Waals surface area contributed by atoms with Gasteiger partial charge in [-0.25, -0.2) is 25.3 Å². The molecule has 0 aliphatic heterocycles. The summed E-state index contributed by atoms with van der Waals surface area (Å²) in [6, 6.07) is 0. The molecule has 0 aromatic rings. The van der Waals surface area contributed by atoms with Gasteiger partial charge >= 0.3 is 88.7 Å². The smallest absolute Gasteiger partial charge is 0.726 e. The maximum atomic E-state index is 12.0. The first-order valence-corrected chi connectivity index (χ1v) is 20.4. The van der Waals surface area contributed by atoms with E-state index in [1.807, 2.05) is 6.92 Å². The second-order valence-electron chi connectivity index (χ2n) is 16.0. The molecule has 0 spiro atoms. The van der Waals surface area contributed by atoms with E-state index in [9.17, 15) is 38.9 Å². The third kappa shape index (κ3) is 11.2. The molecule has 49 heavy (non-hydrogen) atoms. The Morgan fingerprint density at radius 1 is 0.755 bits per heavy atom. The molecule has 4 saturated carbocycles. The molecule has 0 bridgehead atoms. The molecule has 0 heterocycles. The van der Waals surface area contributed by atoms with Crippen molar-refractivity contribution in [3.8, 4) is 0 Å². The summed E-state index contributed by atoms with van der Waals surface area (Å²) in [6.07, 6.45) is 2.08. The number of fused-ring (bicyclic) bond motifs is 5. The van der Waals surface area contributed by atoms with Gasteiger partial charge in [-0.05, 0) is 116 Å². The van der Waals surface area contributed by atoms with E-state index in [0.29, 0.717) is 17.8 Å². The predicted octanol–water partition coefficient (Wildman–Crippen LogP) is -3.93. The van der Waals surface area contributed by atoms with Crippen LogP contribution in [0, 0.1) is 57.7 Å². The van der Waals surface area contributed by atoms with Crippen molar-refractivity contribution in [3.05, 3.63) is 11.6 Å². The molecule has 0 saturated heterocycles. The fourth-order valence-electron chi connectivity index (χ4n) is 10.2. The van der Waals surface area contributed by atoms with Crippen LogP contribution < -0.4 is 88.7 Å². The predicted molar refractivity (Wildman–Crippen MR) is 166 cm³/mol. The summed E-state index contributed by atoms with van der Waals surface area (Å²) >= 11 is 0. The van der Waals surface area contributed by atoms with Crippen molar-refractivity contribution in [2.24, 2.45) is 57.7 Å². The average Bonchev–Trinajstić information content (AvgIpc) is 3.22. The van der Waals surface area contributed by atoms with E-state index in [-0.39, 0.29) is 137 Å². The fraction of sp³-hybridized carbons (Fsp3) is 0.935. The molecule has 4 aliphatic carbocycles. The molecule has 0 N–H and O–H groups in total. The summed E-state index contributed by atoms with van der Waals surface area (Å²) in [5.41, 5.74) is 0.474.